The second-order valence-corrected chi connectivity index (χ2v) is 5.52. The summed E-state index contributed by atoms with van der Waals surface area (Å²) in [5, 5.41) is 3.51. The summed E-state index contributed by atoms with van der Waals surface area (Å²) in [6, 6.07) is 0.471. The first-order valence-corrected chi connectivity index (χ1v) is 7.73. The molecule has 2 atom stereocenters. The van der Waals surface area contributed by atoms with E-state index in [1.54, 1.807) is 0 Å². The third-order valence-corrected chi connectivity index (χ3v) is 3.92. The SMILES string of the molecule is CCCCC(CC)NC(C)C(=O)N1CCCCC1. The van der Waals surface area contributed by atoms with Crippen molar-refractivity contribution in [3.8, 4) is 0 Å². The third kappa shape index (κ3) is 4.97. The molecule has 1 aliphatic rings. The summed E-state index contributed by atoms with van der Waals surface area (Å²) in [5.74, 6) is 0.296. The number of rotatable bonds is 7. The van der Waals surface area contributed by atoms with Gasteiger partial charge in [-0.05, 0) is 39.0 Å². The van der Waals surface area contributed by atoms with E-state index in [2.05, 4.69) is 19.2 Å². The Kier molecular flexibility index (Phi) is 7.33. The Morgan fingerprint density at radius 3 is 2.44 bits per heavy atom. The molecule has 0 aliphatic carbocycles. The van der Waals surface area contributed by atoms with Crippen LogP contribution in [0.4, 0.5) is 0 Å². The molecule has 106 valence electrons. The van der Waals surface area contributed by atoms with Crippen LogP contribution in [0.2, 0.25) is 0 Å². The Labute approximate surface area is 112 Å². The summed E-state index contributed by atoms with van der Waals surface area (Å²) in [6.45, 7) is 8.35. The number of nitrogens with zero attached hydrogens (tertiary/aromatic N) is 1. The fraction of sp³-hybridized carbons (Fsp3) is 0.933. The van der Waals surface area contributed by atoms with Crippen molar-refractivity contribution in [3.05, 3.63) is 0 Å². The van der Waals surface area contributed by atoms with Crippen LogP contribution in [0.5, 0.6) is 0 Å². The van der Waals surface area contributed by atoms with Crippen LogP contribution >= 0.6 is 0 Å². The molecule has 0 radical (unpaired) electrons. The summed E-state index contributed by atoms with van der Waals surface area (Å²) in [5.41, 5.74) is 0. The highest BCUT2D eigenvalue weighted by Gasteiger charge is 2.23. The van der Waals surface area contributed by atoms with Gasteiger partial charge in [0, 0.05) is 19.1 Å². The molecular formula is C15H30N2O. The summed E-state index contributed by atoms with van der Waals surface area (Å²) < 4.78 is 0. The number of hydrogen-bond donors (Lipinski definition) is 1. The summed E-state index contributed by atoms with van der Waals surface area (Å²) in [6.07, 6.45) is 8.39. The van der Waals surface area contributed by atoms with E-state index < -0.39 is 0 Å². The zero-order chi connectivity index (χ0) is 13.4. The highest BCUT2D eigenvalue weighted by atomic mass is 16.2. The van der Waals surface area contributed by atoms with Crippen molar-refractivity contribution in [1.82, 2.24) is 10.2 Å². The number of likely N-dealkylation sites (tertiary alicyclic amines) is 1. The molecule has 0 saturated carbocycles. The van der Waals surface area contributed by atoms with Crippen molar-refractivity contribution in [2.45, 2.75) is 77.8 Å². The van der Waals surface area contributed by atoms with Gasteiger partial charge in [0.05, 0.1) is 6.04 Å². The van der Waals surface area contributed by atoms with Gasteiger partial charge >= 0.3 is 0 Å². The summed E-state index contributed by atoms with van der Waals surface area (Å²) in [7, 11) is 0. The highest BCUT2D eigenvalue weighted by molar-refractivity contribution is 5.81. The predicted octanol–water partition coefficient (Wildman–Crippen LogP) is 2.95. The number of hydrogen-bond acceptors (Lipinski definition) is 2. The molecule has 0 aromatic rings. The molecule has 3 heteroatoms. The molecule has 1 N–H and O–H groups in total. The zero-order valence-corrected chi connectivity index (χ0v) is 12.4. The maximum Gasteiger partial charge on any atom is 0.239 e. The lowest BCUT2D eigenvalue weighted by Crippen LogP contribution is -2.49. The van der Waals surface area contributed by atoms with Crippen molar-refractivity contribution in [3.63, 3.8) is 0 Å². The van der Waals surface area contributed by atoms with Gasteiger partial charge < -0.3 is 10.2 Å². The first kappa shape index (κ1) is 15.5. The average molecular weight is 254 g/mol. The maximum absolute atomic E-state index is 12.3. The van der Waals surface area contributed by atoms with Crippen LogP contribution in [-0.4, -0.2) is 36.0 Å². The van der Waals surface area contributed by atoms with E-state index in [-0.39, 0.29) is 6.04 Å². The lowest BCUT2D eigenvalue weighted by atomic mass is 10.1. The molecule has 1 amide bonds. The third-order valence-electron chi connectivity index (χ3n) is 3.92. The van der Waals surface area contributed by atoms with Crippen LogP contribution in [0, 0.1) is 0 Å². The van der Waals surface area contributed by atoms with Gasteiger partial charge in [-0.1, -0.05) is 26.7 Å². The number of carbonyl (C=O) groups is 1. The molecule has 0 spiro atoms. The first-order chi connectivity index (χ1) is 8.69. The molecule has 0 aromatic heterocycles. The Balaban J connectivity index is 2.36. The van der Waals surface area contributed by atoms with Crippen molar-refractivity contribution >= 4 is 5.91 Å². The average Bonchev–Trinajstić information content (AvgIpc) is 2.43. The standard InChI is InChI=1S/C15H30N2O/c1-4-6-10-14(5-2)16-13(3)15(18)17-11-8-7-9-12-17/h13-14,16H,4-12H2,1-3H3. The first-order valence-electron chi connectivity index (χ1n) is 7.73. The fourth-order valence-electron chi connectivity index (χ4n) is 2.67. The van der Waals surface area contributed by atoms with E-state index in [1.165, 1.54) is 38.5 Å². The molecule has 1 fully saturated rings. The molecule has 1 rings (SSSR count). The quantitative estimate of drug-likeness (QED) is 0.757. The molecule has 1 aliphatic heterocycles. The van der Waals surface area contributed by atoms with E-state index in [1.807, 2.05) is 11.8 Å². The van der Waals surface area contributed by atoms with E-state index in [0.717, 1.165) is 19.5 Å². The lowest BCUT2D eigenvalue weighted by Gasteiger charge is -2.31. The minimum atomic E-state index is -0.0232. The molecular weight excluding hydrogens is 224 g/mol. The van der Waals surface area contributed by atoms with Gasteiger partial charge in [0.15, 0.2) is 0 Å². The largest absolute Gasteiger partial charge is 0.341 e. The molecule has 1 heterocycles. The monoisotopic (exact) mass is 254 g/mol. The van der Waals surface area contributed by atoms with Crippen molar-refractivity contribution in [1.29, 1.82) is 0 Å². The van der Waals surface area contributed by atoms with Crippen LogP contribution < -0.4 is 5.32 Å². The maximum atomic E-state index is 12.3. The Hall–Kier alpha value is -0.570. The number of nitrogens with one attached hydrogen (secondary N) is 1. The number of carbonyl (C=O) groups excluding carboxylic acids is 1. The summed E-state index contributed by atoms with van der Waals surface area (Å²) in [4.78, 5) is 14.3. The minimum absolute atomic E-state index is 0.0232. The second kappa shape index (κ2) is 8.52. The van der Waals surface area contributed by atoms with Crippen molar-refractivity contribution < 1.29 is 4.79 Å². The van der Waals surface area contributed by atoms with E-state index in [9.17, 15) is 4.79 Å². The Morgan fingerprint density at radius 1 is 1.22 bits per heavy atom. The second-order valence-electron chi connectivity index (χ2n) is 5.52. The van der Waals surface area contributed by atoms with Crippen molar-refractivity contribution in [2.75, 3.05) is 13.1 Å². The fourth-order valence-corrected chi connectivity index (χ4v) is 2.67. The minimum Gasteiger partial charge on any atom is -0.341 e. The summed E-state index contributed by atoms with van der Waals surface area (Å²) >= 11 is 0. The topological polar surface area (TPSA) is 32.3 Å². The van der Waals surface area contributed by atoms with Crippen LogP contribution in [0.3, 0.4) is 0 Å². The van der Waals surface area contributed by atoms with Gasteiger partial charge in [-0.25, -0.2) is 0 Å². The Bertz CT molecular complexity index is 237. The van der Waals surface area contributed by atoms with E-state index >= 15 is 0 Å². The molecule has 0 bridgehead atoms. The van der Waals surface area contributed by atoms with Gasteiger partial charge in [0.2, 0.25) is 5.91 Å². The molecule has 0 aromatic carbocycles. The number of piperidine rings is 1. The number of unbranched alkanes of at least 4 members (excludes halogenated alkanes) is 1. The van der Waals surface area contributed by atoms with Crippen LogP contribution in [-0.2, 0) is 4.79 Å². The van der Waals surface area contributed by atoms with Gasteiger partial charge in [0.25, 0.3) is 0 Å². The predicted molar refractivity (Wildman–Crippen MR) is 76.6 cm³/mol. The van der Waals surface area contributed by atoms with Crippen molar-refractivity contribution in [2.24, 2.45) is 0 Å². The normalized spacial score (nSPS) is 19.6. The zero-order valence-electron chi connectivity index (χ0n) is 12.4. The van der Waals surface area contributed by atoms with E-state index in [0.29, 0.717) is 11.9 Å². The molecule has 2 unspecified atom stereocenters. The number of amides is 1. The van der Waals surface area contributed by atoms with Crippen LogP contribution in [0.1, 0.15) is 65.7 Å². The van der Waals surface area contributed by atoms with E-state index in [4.69, 9.17) is 0 Å². The van der Waals surface area contributed by atoms with Gasteiger partial charge in [-0.15, -0.1) is 0 Å². The van der Waals surface area contributed by atoms with Gasteiger partial charge in [-0.2, -0.15) is 0 Å². The van der Waals surface area contributed by atoms with Gasteiger partial charge in [-0.3, -0.25) is 4.79 Å². The highest BCUT2D eigenvalue weighted by Crippen LogP contribution is 2.11. The molecule has 3 nitrogen and oxygen atoms in total. The Morgan fingerprint density at radius 2 is 1.89 bits per heavy atom. The lowest BCUT2D eigenvalue weighted by molar-refractivity contribution is -0.134. The van der Waals surface area contributed by atoms with Crippen LogP contribution in [0.15, 0.2) is 0 Å². The molecule has 1 saturated heterocycles. The van der Waals surface area contributed by atoms with Crippen LogP contribution in [0.25, 0.3) is 0 Å². The van der Waals surface area contributed by atoms with Gasteiger partial charge in [0.1, 0.15) is 0 Å². The smallest absolute Gasteiger partial charge is 0.239 e. The molecule has 18 heavy (non-hydrogen) atoms.